The van der Waals surface area contributed by atoms with E-state index in [1.54, 1.807) is 14.2 Å². The molecule has 0 aromatic heterocycles. The van der Waals surface area contributed by atoms with Crippen LogP contribution in [0.5, 0.6) is 0 Å². The highest BCUT2D eigenvalue weighted by Gasteiger charge is 2.09. The maximum absolute atomic E-state index is 5.15. The second kappa shape index (κ2) is 7.56. The van der Waals surface area contributed by atoms with Gasteiger partial charge in [-0.05, 0) is 24.7 Å². The van der Waals surface area contributed by atoms with Crippen molar-refractivity contribution < 1.29 is 9.47 Å². The van der Waals surface area contributed by atoms with Gasteiger partial charge in [0, 0.05) is 27.4 Å². The quantitative estimate of drug-likeness (QED) is 0.589. The van der Waals surface area contributed by atoms with Crippen LogP contribution in [0.3, 0.4) is 0 Å². The van der Waals surface area contributed by atoms with Crippen molar-refractivity contribution in [3.63, 3.8) is 0 Å². The van der Waals surface area contributed by atoms with Gasteiger partial charge in [-0.25, -0.2) is 0 Å². The predicted octanol–water partition coefficient (Wildman–Crippen LogP) is 2.33. The molecule has 0 saturated heterocycles. The van der Waals surface area contributed by atoms with E-state index in [2.05, 4.69) is 13.8 Å². The molecule has 74 valence electrons. The van der Waals surface area contributed by atoms with E-state index < -0.39 is 0 Å². The lowest BCUT2D eigenvalue weighted by Crippen LogP contribution is -2.13. The topological polar surface area (TPSA) is 18.5 Å². The van der Waals surface area contributed by atoms with E-state index in [9.17, 15) is 0 Å². The van der Waals surface area contributed by atoms with E-state index in [1.807, 2.05) is 0 Å². The maximum atomic E-state index is 5.15. The van der Waals surface area contributed by atoms with Crippen molar-refractivity contribution in [1.82, 2.24) is 0 Å². The Labute approximate surface area is 76.3 Å². The van der Waals surface area contributed by atoms with Crippen LogP contribution in [0.1, 0.15) is 26.7 Å². The molecule has 2 nitrogen and oxygen atoms in total. The Morgan fingerprint density at radius 1 is 1.08 bits per heavy atom. The van der Waals surface area contributed by atoms with Gasteiger partial charge in [0.05, 0.1) is 0 Å². The monoisotopic (exact) mass is 174 g/mol. The minimum absolute atomic E-state index is 0.662. The standard InChI is InChI=1S/C10H22O2/c1-9(2)7-10(8-12-4)5-6-11-3/h9-10H,5-8H2,1-4H3. The molecule has 0 spiro atoms. The molecule has 0 bridgehead atoms. The van der Waals surface area contributed by atoms with E-state index >= 15 is 0 Å². The lowest BCUT2D eigenvalue weighted by atomic mass is 9.95. The van der Waals surface area contributed by atoms with Gasteiger partial charge < -0.3 is 9.47 Å². The van der Waals surface area contributed by atoms with Gasteiger partial charge in [-0.1, -0.05) is 13.8 Å². The summed E-state index contributed by atoms with van der Waals surface area (Å²) in [7, 11) is 3.51. The van der Waals surface area contributed by atoms with Crippen LogP contribution in [0.2, 0.25) is 0 Å². The molecule has 1 unspecified atom stereocenters. The van der Waals surface area contributed by atoms with Crippen LogP contribution in [0.25, 0.3) is 0 Å². The van der Waals surface area contributed by atoms with Crippen molar-refractivity contribution >= 4 is 0 Å². The van der Waals surface area contributed by atoms with Crippen LogP contribution in [-0.2, 0) is 9.47 Å². The third-order valence-corrected chi connectivity index (χ3v) is 1.94. The van der Waals surface area contributed by atoms with Gasteiger partial charge in [0.2, 0.25) is 0 Å². The Morgan fingerprint density at radius 3 is 2.17 bits per heavy atom. The lowest BCUT2D eigenvalue weighted by Gasteiger charge is -2.17. The number of methoxy groups -OCH3 is 2. The molecule has 0 aliphatic carbocycles. The zero-order valence-electron chi connectivity index (χ0n) is 8.80. The summed E-state index contributed by atoms with van der Waals surface area (Å²) in [6.45, 7) is 6.20. The summed E-state index contributed by atoms with van der Waals surface area (Å²) in [6.07, 6.45) is 2.35. The Balaban J connectivity index is 3.54. The zero-order valence-corrected chi connectivity index (χ0v) is 8.80. The Kier molecular flexibility index (Phi) is 7.51. The summed E-state index contributed by atoms with van der Waals surface area (Å²) < 4.78 is 10.2. The first-order valence-corrected chi connectivity index (χ1v) is 4.68. The molecule has 1 atom stereocenters. The van der Waals surface area contributed by atoms with E-state index in [0.717, 1.165) is 25.6 Å². The summed E-state index contributed by atoms with van der Waals surface area (Å²) >= 11 is 0. The van der Waals surface area contributed by atoms with Gasteiger partial charge in [0.15, 0.2) is 0 Å². The van der Waals surface area contributed by atoms with Crippen molar-refractivity contribution in [3.8, 4) is 0 Å². The Morgan fingerprint density at radius 2 is 1.75 bits per heavy atom. The van der Waals surface area contributed by atoms with Crippen molar-refractivity contribution in [2.45, 2.75) is 26.7 Å². The number of rotatable bonds is 7. The number of hydrogen-bond acceptors (Lipinski definition) is 2. The normalized spacial score (nSPS) is 13.8. The molecule has 0 aromatic carbocycles. The molecule has 0 aromatic rings. The van der Waals surface area contributed by atoms with Crippen LogP contribution >= 0.6 is 0 Å². The minimum atomic E-state index is 0.662. The fourth-order valence-electron chi connectivity index (χ4n) is 1.46. The van der Waals surface area contributed by atoms with Gasteiger partial charge in [0.25, 0.3) is 0 Å². The first-order valence-electron chi connectivity index (χ1n) is 4.68. The Bertz CT molecular complexity index is 91.8. The van der Waals surface area contributed by atoms with Gasteiger partial charge >= 0.3 is 0 Å². The fourth-order valence-corrected chi connectivity index (χ4v) is 1.46. The smallest absolute Gasteiger partial charge is 0.0491 e. The van der Waals surface area contributed by atoms with Crippen molar-refractivity contribution in [3.05, 3.63) is 0 Å². The molecule has 0 heterocycles. The molecule has 0 amide bonds. The molecule has 0 radical (unpaired) electrons. The van der Waals surface area contributed by atoms with Crippen LogP contribution in [0.4, 0.5) is 0 Å². The molecule has 2 heteroatoms. The van der Waals surface area contributed by atoms with E-state index in [1.165, 1.54) is 6.42 Å². The summed E-state index contributed by atoms with van der Waals surface area (Å²) in [4.78, 5) is 0. The summed E-state index contributed by atoms with van der Waals surface area (Å²) in [5.41, 5.74) is 0. The first-order chi connectivity index (χ1) is 5.70. The van der Waals surface area contributed by atoms with Crippen LogP contribution < -0.4 is 0 Å². The Hall–Kier alpha value is -0.0800. The lowest BCUT2D eigenvalue weighted by molar-refractivity contribution is 0.108. The molecule has 0 fully saturated rings. The van der Waals surface area contributed by atoms with Gasteiger partial charge in [-0.2, -0.15) is 0 Å². The highest BCUT2D eigenvalue weighted by molar-refractivity contribution is 4.60. The molecule has 0 N–H and O–H groups in total. The molecule has 0 rings (SSSR count). The second-order valence-corrected chi connectivity index (χ2v) is 3.73. The average Bonchev–Trinajstić information content (AvgIpc) is 2.00. The SMILES string of the molecule is COCCC(COC)CC(C)C. The molecule has 12 heavy (non-hydrogen) atoms. The van der Waals surface area contributed by atoms with Gasteiger partial charge in [0.1, 0.15) is 0 Å². The first kappa shape index (κ1) is 11.9. The average molecular weight is 174 g/mol. The number of hydrogen-bond donors (Lipinski definition) is 0. The minimum Gasteiger partial charge on any atom is -0.385 e. The number of ether oxygens (including phenoxy) is 2. The summed E-state index contributed by atoms with van der Waals surface area (Å²) in [6, 6.07) is 0. The highest BCUT2D eigenvalue weighted by atomic mass is 16.5. The largest absolute Gasteiger partial charge is 0.385 e. The van der Waals surface area contributed by atoms with E-state index in [4.69, 9.17) is 9.47 Å². The highest BCUT2D eigenvalue weighted by Crippen LogP contribution is 2.15. The summed E-state index contributed by atoms with van der Waals surface area (Å²) in [5, 5.41) is 0. The van der Waals surface area contributed by atoms with Crippen LogP contribution in [0, 0.1) is 11.8 Å². The second-order valence-electron chi connectivity index (χ2n) is 3.73. The fraction of sp³-hybridized carbons (Fsp3) is 1.00. The third-order valence-electron chi connectivity index (χ3n) is 1.94. The third kappa shape index (κ3) is 6.62. The van der Waals surface area contributed by atoms with Crippen molar-refractivity contribution in [1.29, 1.82) is 0 Å². The molecular weight excluding hydrogens is 152 g/mol. The van der Waals surface area contributed by atoms with Gasteiger partial charge in [-0.15, -0.1) is 0 Å². The van der Waals surface area contributed by atoms with Gasteiger partial charge in [-0.3, -0.25) is 0 Å². The molecule has 0 saturated carbocycles. The van der Waals surface area contributed by atoms with Crippen molar-refractivity contribution in [2.75, 3.05) is 27.4 Å². The predicted molar refractivity (Wildman–Crippen MR) is 51.3 cm³/mol. The van der Waals surface area contributed by atoms with E-state index in [-0.39, 0.29) is 0 Å². The maximum Gasteiger partial charge on any atom is 0.0491 e. The summed E-state index contributed by atoms with van der Waals surface area (Å²) in [5.74, 6) is 1.41. The van der Waals surface area contributed by atoms with Crippen LogP contribution in [-0.4, -0.2) is 27.4 Å². The molecule has 0 aliphatic rings. The molecular formula is C10H22O2. The molecule has 0 aliphatic heterocycles. The zero-order chi connectivity index (χ0) is 9.40. The van der Waals surface area contributed by atoms with Crippen LogP contribution in [0.15, 0.2) is 0 Å². The van der Waals surface area contributed by atoms with E-state index in [0.29, 0.717) is 5.92 Å². The van der Waals surface area contributed by atoms with Crippen molar-refractivity contribution in [2.24, 2.45) is 11.8 Å².